The van der Waals surface area contributed by atoms with E-state index in [1.807, 2.05) is 54.9 Å². The topological polar surface area (TPSA) is 38.8 Å². The number of pyridine rings is 1. The summed E-state index contributed by atoms with van der Waals surface area (Å²) < 4.78 is 0. The van der Waals surface area contributed by atoms with Crippen molar-refractivity contribution in [3.8, 4) is 11.8 Å². The first-order chi connectivity index (χ1) is 11.8. The van der Waals surface area contributed by atoms with Crippen LogP contribution < -0.4 is 9.88 Å². The fourth-order valence-corrected chi connectivity index (χ4v) is 3.35. The van der Waals surface area contributed by atoms with Crippen LogP contribution in [0.1, 0.15) is 36.8 Å². The molecule has 3 heteroatoms. The Hall–Kier alpha value is -2.15. The van der Waals surface area contributed by atoms with Gasteiger partial charge in [0.25, 0.3) is 0 Å². The van der Waals surface area contributed by atoms with Crippen molar-refractivity contribution in [3.05, 3.63) is 66.0 Å². The minimum atomic E-state index is -1.07. The molecular formula is C21H26N2O+2. The summed E-state index contributed by atoms with van der Waals surface area (Å²) in [5, 5.41) is 11.4. The summed E-state index contributed by atoms with van der Waals surface area (Å²) in [5.41, 5.74) is 0.684. The molecule has 1 aromatic heterocycles. The highest BCUT2D eigenvalue weighted by atomic mass is 16.3. The summed E-state index contributed by atoms with van der Waals surface area (Å²) in [4.78, 5) is 4.59. The number of piperidine rings is 1. The van der Waals surface area contributed by atoms with Gasteiger partial charge in [0.15, 0.2) is 12.4 Å². The van der Waals surface area contributed by atoms with Crippen LogP contribution in [0.3, 0.4) is 0 Å². The molecule has 3 N–H and O–H groups in total. The highest BCUT2D eigenvalue weighted by molar-refractivity contribution is 5.36. The fraction of sp³-hybridized carbons (Fsp3) is 0.381. The van der Waals surface area contributed by atoms with Crippen LogP contribution in [0.25, 0.3) is 0 Å². The number of hydrogen-bond donors (Lipinski definition) is 2. The van der Waals surface area contributed by atoms with E-state index in [1.165, 1.54) is 32.4 Å². The van der Waals surface area contributed by atoms with Crippen LogP contribution in [0.4, 0.5) is 0 Å². The molecule has 1 aliphatic rings. The molecule has 3 nitrogen and oxygen atoms in total. The smallest absolute Gasteiger partial charge is 0.167 e. The van der Waals surface area contributed by atoms with Gasteiger partial charge in [0.05, 0.1) is 13.1 Å². The minimum Gasteiger partial charge on any atom is -0.379 e. The zero-order chi connectivity index (χ0) is 16.7. The summed E-state index contributed by atoms with van der Waals surface area (Å²) in [6, 6.07) is 13.7. The van der Waals surface area contributed by atoms with Crippen molar-refractivity contribution >= 4 is 0 Å². The summed E-state index contributed by atoms with van der Waals surface area (Å²) in [7, 11) is 0. The Morgan fingerprint density at radius 3 is 2.29 bits per heavy atom. The molecule has 2 heterocycles. The van der Waals surface area contributed by atoms with Gasteiger partial charge in [-0.3, -0.25) is 0 Å². The Labute approximate surface area is 144 Å². The predicted molar refractivity (Wildman–Crippen MR) is 94.2 cm³/mol. The Kier molecular flexibility index (Phi) is 5.63. The Balaban J connectivity index is 1.76. The van der Waals surface area contributed by atoms with Crippen LogP contribution >= 0.6 is 0 Å². The Morgan fingerprint density at radius 1 is 0.917 bits per heavy atom. The largest absolute Gasteiger partial charge is 0.379 e. The quantitative estimate of drug-likeness (QED) is 0.816. The van der Waals surface area contributed by atoms with Crippen LogP contribution in [0.2, 0.25) is 0 Å². The number of benzene rings is 1. The summed E-state index contributed by atoms with van der Waals surface area (Å²) >= 11 is 0. The summed E-state index contributed by atoms with van der Waals surface area (Å²) in [6.07, 6.45) is 8.07. The molecule has 1 fully saturated rings. The third kappa shape index (κ3) is 4.03. The van der Waals surface area contributed by atoms with Gasteiger partial charge in [-0.25, -0.2) is 4.98 Å². The normalized spacial score (nSPS) is 17.5. The fourth-order valence-electron chi connectivity index (χ4n) is 3.35. The lowest BCUT2D eigenvalue weighted by Crippen LogP contribution is -3.12. The number of aromatic amines is 1. The number of hydrogen-bond acceptors (Lipinski definition) is 1. The van der Waals surface area contributed by atoms with Crippen molar-refractivity contribution < 1.29 is 15.0 Å². The molecule has 1 saturated heterocycles. The number of H-pyrrole nitrogens is 1. The van der Waals surface area contributed by atoms with E-state index in [-0.39, 0.29) is 0 Å². The lowest BCUT2D eigenvalue weighted by molar-refractivity contribution is -0.897. The summed E-state index contributed by atoms with van der Waals surface area (Å²) in [5.74, 6) is 6.53. The van der Waals surface area contributed by atoms with Gasteiger partial charge in [0.2, 0.25) is 0 Å². The SMILES string of the molecule is OC(CC#CC[NH+]1CCCCC1)(c1ccccc1)c1cc[nH+]cc1. The number of aromatic nitrogens is 1. The standard InChI is InChI=1S/C21H24N2O/c24-21(19-9-3-1-4-10-19,20-11-14-22-15-12-20)13-5-8-18-23-16-6-2-7-17-23/h1,3-4,9-12,14-15,24H,2,6-7,13,16-18H2/p+2. The molecule has 0 saturated carbocycles. The maximum absolute atomic E-state index is 11.4. The highest BCUT2D eigenvalue weighted by Gasteiger charge is 2.31. The second-order valence-electron chi connectivity index (χ2n) is 6.53. The monoisotopic (exact) mass is 322 g/mol. The molecule has 2 aromatic rings. The van der Waals surface area contributed by atoms with E-state index in [2.05, 4.69) is 16.8 Å². The maximum atomic E-state index is 11.4. The number of quaternary nitrogens is 1. The second kappa shape index (κ2) is 8.10. The molecule has 1 aliphatic heterocycles. The average molecular weight is 322 g/mol. The van der Waals surface area contributed by atoms with E-state index in [0.717, 1.165) is 17.7 Å². The van der Waals surface area contributed by atoms with Crippen LogP contribution in [0, 0.1) is 11.8 Å². The number of rotatable bonds is 4. The van der Waals surface area contributed by atoms with Crippen LogP contribution in [-0.2, 0) is 5.60 Å². The molecule has 1 aromatic carbocycles. The van der Waals surface area contributed by atoms with Crippen molar-refractivity contribution in [3.63, 3.8) is 0 Å². The first-order valence-electron chi connectivity index (χ1n) is 8.83. The highest BCUT2D eigenvalue weighted by Crippen LogP contribution is 2.31. The molecule has 3 rings (SSSR count). The van der Waals surface area contributed by atoms with Crippen molar-refractivity contribution in [2.45, 2.75) is 31.3 Å². The molecule has 24 heavy (non-hydrogen) atoms. The number of likely N-dealkylation sites (tertiary alicyclic amines) is 1. The average Bonchev–Trinajstić information content (AvgIpc) is 2.67. The van der Waals surface area contributed by atoms with E-state index in [0.29, 0.717) is 6.42 Å². The van der Waals surface area contributed by atoms with Gasteiger partial charge in [-0.15, -0.1) is 0 Å². The molecule has 0 radical (unpaired) electrons. The lowest BCUT2D eigenvalue weighted by Gasteiger charge is -2.26. The predicted octanol–water partition coefficient (Wildman–Crippen LogP) is 1.20. The maximum Gasteiger partial charge on any atom is 0.167 e. The van der Waals surface area contributed by atoms with Crippen molar-refractivity contribution in [1.29, 1.82) is 0 Å². The van der Waals surface area contributed by atoms with Gasteiger partial charge in [-0.2, -0.15) is 0 Å². The Bertz CT molecular complexity index is 643. The van der Waals surface area contributed by atoms with E-state index >= 15 is 0 Å². The molecule has 0 bridgehead atoms. The van der Waals surface area contributed by atoms with E-state index in [1.54, 1.807) is 4.90 Å². The van der Waals surface area contributed by atoms with Gasteiger partial charge in [0, 0.05) is 24.1 Å². The molecule has 0 amide bonds. The molecule has 1 atom stereocenters. The molecule has 1 unspecified atom stereocenters. The van der Waals surface area contributed by atoms with Gasteiger partial charge >= 0.3 is 0 Å². The Morgan fingerprint density at radius 2 is 1.58 bits per heavy atom. The third-order valence-electron chi connectivity index (χ3n) is 4.82. The second-order valence-corrected chi connectivity index (χ2v) is 6.53. The van der Waals surface area contributed by atoms with Crippen molar-refractivity contribution in [2.24, 2.45) is 0 Å². The number of nitrogens with one attached hydrogen (secondary N) is 2. The molecular weight excluding hydrogens is 296 g/mol. The number of aliphatic hydroxyl groups is 1. The van der Waals surface area contributed by atoms with Crippen molar-refractivity contribution in [1.82, 2.24) is 0 Å². The van der Waals surface area contributed by atoms with Gasteiger partial charge in [0.1, 0.15) is 12.1 Å². The van der Waals surface area contributed by atoms with E-state index in [9.17, 15) is 5.11 Å². The minimum absolute atomic E-state index is 0.411. The zero-order valence-electron chi connectivity index (χ0n) is 14.1. The van der Waals surface area contributed by atoms with Gasteiger partial charge < -0.3 is 10.0 Å². The van der Waals surface area contributed by atoms with Crippen molar-refractivity contribution in [2.75, 3.05) is 19.6 Å². The lowest BCUT2D eigenvalue weighted by atomic mass is 9.84. The first kappa shape index (κ1) is 16.7. The molecule has 124 valence electrons. The van der Waals surface area contributed by atoms with Gasteiger partial charge in [-0.05, 0) is 30.7 Å². The van der Waals surface area contributed by atoms with Crippen LogP contribution in [-0.4, -0.2) is 24.7 Å². The van der Waals surface area contributed by atoms with Crippen LogP contribution in [0.15, 0.2) is 54.9 Å². The first-order valence-corrected chi connectivity index (χ1v) is 8.83. The van der Waals surface area contributed by atoms with Crippen LogP contribution in [0.5, 0.6) is 0 Å². The molecule has 0 spiro atoms. The third-order valence-corrected chi connectivity index (χ3v) is 4.82. The zero-order valence-corrected chi connectivity index (χ0v) is 14.1. The molecule has 0 aliphatic carbocycles. The van der Waals surface area contributed by atoms with Gasteiger partial charge in [-0.1, -0.05) is 36.3 Å². The van der Waals surface area contributed by atoms with E-state index in [4.69, 9.17) is 0 Å². The summed E-state index contributed by atoms with van der Waals surface area (Å²) in [6.45, 7) is 3.34. The van der Waals surface area contributed by atoms with E-state index < -0.39 is 5.60 Å².